The minimum absolute atomic E-state index is 0.843. The third-order valence-corrected chi connectivity index (χ3v) is 1.88. The SMILES string of the molecule is CN=C(NC)NC/C=C/C1CC1. The van der Waals surface area contributed by atoms with Gasteiger partial charge in [-0.05, 0) is 18.8 Å². The van der Waals surface area contributed by atoms with Crippen LogP contribution < -0.4 is 10.6 Å². The standard InChI is InChI=1S/C9H17N3/c1-10-9(11-2)12-7-3-4-8-5-6-8/h3-4,8H,5-7H2,1-2H3,(H2,10,11,12)/b4-3+. The number of aliphatic imine (C=N–C) groups is 1. The van der Waals surface area contributed by atoms with Gasteiger partial charge in [0.25, 0.3) is 0 Å². The van der Waals surface area contributed by atoms with Crippen LogP contribution in [-0.4, -0.2) is 26.6 Å². The van der Waals surface area contributed by atoms with Crippen LogP contribution in [-0.2, 0) is 0 Å². The summed E-state index contributed by atoms with van der Waals surface area (Å²) in [7, 11) is 3.63. The fraction of sp³-hybridized carbons (Fsp3) is 0.667. The van der Waals surface area contributed by atoms with Gasteiger partial charge in [0.2, 0.25) is 0 Å². The molecule has 0 saturated heterocycles. The number of nitrogens with one attached hydrogen (secondary N) is 2. The zero-order chi connectivity index (χ0) is 8.81. The molecule has 0 spiro atoms. The van der Waals surface area contributed by atoms with Gasteiger partial charge in [0, 0.05) is 20.6 Å². The van der Waals surface area contributed by atoms with Crippen LogP contribution in [0.4, 0.5) is 0 Å². The first kappa shape index (κ1) is 9.10. The van der Waals surface area contributed by atoms with Crippen molar-refractivity contribution in [1.29, 1.82) is 0 Å². The molecular weight excluding hydrogens is 150 g/mol. The van der Waals surface area contributed by atoms with E-state index in [2.05, 4.69) is 27.8 Å². The maximum absolute atomic E-state index is 4.00. The van der Waals surface area contributed by atoms with Crippen LogP contribution in [0.2, 0.25) is 0 Å². The largest absolute Gasteiger partial charge is 0.359 e. The average Bonchev–Trinajstić information content (AvgIpc) is 2.89. The highest BCUT2D eigenvalue weighted by Gasteiger charge is 2.16. The molecule has 0 aromatic carbocycles. The molecule has 0 aromatic heterocycles. The first-order valence-corrected chi connectivity index (χ1v) is 4.42. The summed E-state index contributed by atoms with van der Waals surface area (Å²) in [5, 5.41) is 6.11. The van der Waals surface area contributed by atoms with Crippen molar-refractivity contribution in [2.45, 2.75) is 12.8 Å². The van der Waals surface area contributed by atoms with Gasteiger partial charge in [0.05, 0.1) is 0 Å². The van der Waals surface area contributed by atoms with Gasteiger partial charge in [-0.1, -0.05) is 12.2 Å². The van der Waals surface area contributed by atoms with Gasteiger partial charge in [-0.3, -0.25) is 4.99 Å². The molecule has 1 fully saturated rings. The van der Waals surface area contributed by atoms with E-state index in [0.29, 0.717) is 0 Å². The van der Waals surface area contributed by atoms with Gasteiger partial charge in [0.15, 0.2) is 5.96 Å². The fourth-order valence-electron chi connectivity index (χ4n) is 0.984. The Morgan fingerprint density at radius 2 is 2.33 bits per heavy atom. The predicted octanol–water partition coefficient (Wildman–Crippen LogP) is 0.747. The number of guanidine groups is 1. The Morgan fingerprint density at radius 3 is 2.83 bits per heavy atom. The molecule has 12 heavy (non-hydrogen) atoms. The number of rotatable bonds is 3. The van der Waals surface area contributed by atoms with Crippen LogP contribution in [0.15, 0.2) is 17.1 Å². The van der Waals surface area contributed by atoms with E-state index in [0.717, 1.165) is 18.4 Å². The molecule has 0 bridgehead atoms. The second kappa shape index (κ2) is 4.80. The van der Waals surface area contributed by atoms with Crippen LogP contribution in [0.3, 0.4) is 0 Å². The Kier molecular flexibility index (Phi) is 3.64. The molecule has 3 nitrogen and oxygen atoms in total. The van der Waals surface area contributed by atoms with E-state index in [1.165, 1.54) is 12.8 Å². The summed E-state index contributed by atoms with van der Waals surface area (Å²) in [5.74, 6) is 1.71. The van der Waals surface area contributed by atoms with Gasteiger partial charge < -0.3 is 10.6 Å². The van der Waals surface area contributed by atoms with Crippen molar-refractivity contribution in [3.63, 3.8) is 0 Å². The quantitative estimate of drug-likeness (QED) is 0.369. The minimum atomic E-state index is 0.843. The summed E-state index contributed by atoms with van der Waals surface area (Å²) in [6, 6.07) is 0. The van der Waals surface area contributed by atoms with Crippen LogP contribution in [0.5, 0.6) is 0 Å². The molecule has 0 aliphatic heterocycles. The Bertz CT molecular complexity index is 180. The first-order chi connectivity index (χ1) is 5.86. The Morgan fingerprint density at radius 1 is 1.58 bits per heavy atom. The van der Waals surface area contributed by atoms with Crippen molar-refractivity contribution in [3.05, 3.63) is 12.2 Å². The molecule has 68 valence electrons. The number of allylic oxidation sites excluding steroid dienone is 1. The normalized spacial score (nSPS) is 18.3. The summed E-state index contributed by atoms with van der Waals surface area (Å²) < 4.78 is 0. The van der Waals surface area contributed by atoms with Gasteiger partial charge in [0.1, 0.15) is 0 Å². The average molecular weight is 167 g/mol. The monoisotopic (exact) mass is 167 g/mol. The molecule has 1 aliphatic carbocycles. The first-order valence-electron chi connectivity index (χ1n) is 4.42. The van der Waals surface area contributed by atoms with E-state index < -0.39 is 0 Å². The van der Waals surface area contributed by atoms with Crippen molar-refractivity contribution >= 4 is 5.96 Å². The maximum Gasteiger partial charge on any atom is 0.190 e. The second-order valence-corrected chi connectivity index (χ2v) is 2.97. The Balaban J connectivity index is 2.07. The van der Waals surface area contributed by atoms with Gasteiger partial charge in [-0.25, -0.2) is 0 Å². The van der Waals surface area contributed by atoms with E-state index in [1.807, 2.05) is 7.05 Å². The molecule has 0 radical (unpaired) electrons. The third-order valence-electron chi connectivity index (χ3n) is 1.88. The van der Waals surface area contributed by atoms with Crippen LogP contribution in [0.1, 0.15) is 12.8 Å². The van der Waals surface area contributed by atoms with Crippen molar-refractivity contribution < 1.29 is 0 Å². The highest BCUT2D eigenvalue weighted by atomic mass is 15.1. The smallest absolute Gasteiger partial charge is 0.190 e. The van der Waals surface area contributed by atoms with E-state index in [-0.39, 0.29) is 0 Å². The third kappa shape index (κ3) is 3.42. The lowest BCUT2D eigenvalue weighted by Gasteiger charge is -2.04. The molecular formula is C9H17N3. The molecule has 0 heterocycles. The molecule has 3 heteroatoms. The molecule has 1 saturated carbocycles. The van der Waals surface area contributed by atoms with E-state index >= 15 is 0 Å². The highest BCUT2D eigenvalue weighted by molar-refractivity contribution is 5.79. The predicted molar refractivity (Wildman–Crippen MR) is 52.3 cm³/mol. The maximum atomic E-state index is 4.00. The summed E-state index contributed by atoms with van der Waals surface area (Å²) in [5.41, 5.74) is 0. The van der Waals surface area contributed by atoms with Crippen LogP contribution >= 0.6 is 0 Å². The Hall–Kier alpha value is -0.990. The van der Waals surface area contributed by atoms with E-state index in [4.69, 9.17) is 0 Å². The molecule has 0 atom stereocenters. The van der Waals surface area contributed by atoms with Crippen molar-refractivity contribution in [3.8, 4) is 0 Å². The van der Waals surface area contributed by atoms with E-state index in [1.54, 1.807) is 7.05 Å². The second-order valence-electron chi connectivity index (χ2n) is 2.97. The lowest BCUT2D eigenvalue weighted by atomic mass is 10.4. The number of hydrogen-bond acceptors (Lipinski definition) is 1. The lowest BCUT2D eigenvalue weighted by molar-refractivity contribution is 0.943. The molecule has 1 rings (SSSR count). The number of hydrogen-bond donors (Lipinski definition) is 2. The lowest BCUT2D eigenvalue weighted by Crippen LogP contribution is -2.34. The molecule has 2 N–H and O–H groups in total. The molecule has 0 amide bonds. The minimum Gasteiger partial charge on any atom is -0.359 e. The zero-order valence-electron chi connectivity index (χ0n) is 7.80. The van der Waals surface area contributed by atoms with Crippen LogP contribution in [0.25, 0.3) is 0 Å². The van der Waals surface area contributed by atoms with Crippen molar-refractivity contribution in [2.24, 2.45) is 10.9 Å². The van der Waals surface area contributed by atoms with Gasteiger partial charge in [-0.2, -0.15) is 0 Å². The highest BCUT2D eigenvalue weighted by Crippen LogP contribution is 2.29. The molecule has 0 unspecified atom stereocenters. The molecule has 0 aromatic rings. The summed E-state index contributed by atoms with van der Waals surface area (Å²) in [4.78, 5) is 4.00. The zero-order valence-corrected chi connectivity index (χ0v) is 7.80. The summed E-state index contributed by atoms with van der Waals surface area (Å²) >= 11 is 0. The van der Waals surface area contributed by atoms with Gasteiger partial charge >= 0.3 is 0 Å². The summed E-state index contributed by atoms with van der Waals surface area (Å²) in [6.45, 7) is 0.865. The van der Waals surface area contributed by atoms with E-state index in [9.17, 15) is 0 Å². The number of nitrogens with zero attached hydrogens (tertiary/aromatic N) is 1. The Labute approximate surface area is 74.0 Å². The van der Waals surface area contributed by atoms with Crippen molar-refractivity contribution in [1.82, 2.24) is 10.6 Å². The molecule has 1 aliphatic rings. The fourth-order valence-corrected chi connectivity index (χ4v) is 0.984. The topological polar surface area (TPSA) is 36.4 Å². The van der Waals surface area contributed by atoms with Crippen molar-refractivity contribution in [2.75, 3.05) is 20.6 Å². The van der Waals surface area contributed by atoms with Crippen LogP contribution in [0, 0.1) is 5.92 Å². The van der Waals surface area contributed by atoms with Gasteiger partial charge in [-0.15, -0.1) is 0 Å². The summed E-state index contributed by atoms with van der Waals surface area (Å²) in [6.07, 6.45) is 7.19.